The maximum Gasteiger partial charge on any atom is 0.417 e. The molecular weight excluding hydrogens is 592 g/mol. The van der Waals surface area contributed by atoms with Gasteiger partial charge in [-0.3, -0.25) is 14.6 Å². The van der Waals surface area contributed by atoms with Crippen LogP contribution >= 0.6 is 0 Å². The lowest BCUT2D eigenvalue weighted by Gasteiger charge is -2.43. The normalized spacial score (nSPS) is 17.2. The summed E-state index contributed by atoms with van der Waals surface area (Å²) in [4.78, 5) is 39.9. The molecule has 2 aromatic heterocycles. The van der Waals surface area contributed by atoms with Crippen molar-refractivity contribution >= 4 is 17.6 Å². The Kier molecular flexibility index (Phi) is 9.69. The van der Waals surface area contributed by atoms with Crippen molar-refractivity contribution < 1.29 is 40.7 Å². The average Bonchev–Trinajstić information content (AvgIpc) is 3.00. The molecule has 0 aliphatic carbocycles. The highest BCUT2D eigenvalue weighted by Crippen LogP contribution is 2.36. The molecule has 1 atom stereocenters. The molecule has 0 spiro atoms. The van der Waals surface area contributed by atoms with Crippen LogP contribution in [0.3, 0.4) is 0 Å². The van der Waals surface area contributed by atoms with Crippen molar-refractivity contribution in [1.29, 1.82) is 0 Å². The molecular formula is C30H31F6N5O3. The number of likely N-dealkylation sites (tertiary alicyclic amines) is 1. The quantitative estimate of drug-likeness (QED) is 0.291. The number of alkyl halides is 6. The number of hydrogen-bond acceptors (Lipinski definition) is 6. The van der Waals surface area contributed by atoms with Crippen LogP contribution in [0.4, 0.5) is 32.2 Å². The summed E-state index contributed by atoms with van der Waals surface area (Å²) >= 11 is 0. The number of likely N-dealkylation sites (N-methyl/N-ethyl adjacent to an activating group) is 2. The summed E-state index contributed by atoms with van der Waals surface area (Å²) in [5, 5.41) is 0. The number of carbonyl (C=O) groups is 2. The van der Waals surface area contributed by atoms with Crippen molar-refractivity contribution in [2.24, 2.45) is 0 Å². The Labute approximate surface area is 250 Å². The van der Waals surface area contributed by atoms with Crippen molar-refractivity contribution in [2.45, 2.75) is 37.7 Å². The molecule has 0 bridgehead atoms. The number of hydrogen-bond donors (Lipinski definition) is 0. The molecule has 0 saturated carbocycles. The minimum Gasteiger partial charge on any atom is -0.476 e. The van der Waals surface area contributed by atoms with Gasteiger partial charge in [-0.05, 0) is 62.2 Å². The number of amides is 2. The predicted octanol–water partition coefficient (Wildman–Crippen LogP) is 5.55. The fraction of sp³-hybridized carbons (Fsp3) is 0.400. The highest BCUT2D eigenvalue weighted by atomic mass is 19.4. The third-order valence-corrected chi connectivity index (χ3v) is 7.39. The molecule has 1 saturated heterocycles. The Morgan fingerprint density at radius 1 is 0.977 bits per heavy atom. The van der Waals surface area contributed by atoms with Crippen molar-refractivity contribution in [2.75, 3.05) is 44.7 Å². The lowest BCUT2D eigenvalue weighted by atomic mass is 9.90. The van der Waals surface area contributed by atoms with Gasteiger partial charge in [-0.2, -0.15) is 26.3 Å². The third-order valence-electron chi connectivity index (χ3n) is 7.39. The molecule has 14 heteroatoms. The van der Waals surface area contributed by atoms with Gasteiger partial charge in [0, 0.05) is 51.8 Å². The first kappa shape index (κ1) is 32.6. The predicted molar refractivity (Wildman–Crippen MR) is 149 cm³/mol. The topological polar surface area (TPSA) is 78.9 Å². The van der Waals surface area contributed by atoms with Gasteiger partial charge in [0.2, 0.25) is 5.60 Å². The summed E-state index contributed by atoms with van der Waals surface area (Å²) < 4.78 is 86.7. The van der Waals surface area contributed by atoms with Crippen LogP contribution in [0.2, 0.25) is 0 Å². The van der Waals surface area contributed by atoms with Crippen LogP contribution < -0.4 is 9.64 Å². The van der Waals surface area contributed by atoms with Gasteiger partial charge in [-0.25, -0.2) is 4.98 Å². The van der Waals surface area contributed by atoms with E-state index in [1.807, 2.05) is 24.0 Å². The molecule has 1 fully saturated rings. The van der Waals surface area contributed by atoms with E-state index in [9.17, 15) is 35.9 Å². The lowest BCUT2D eigenvalue weighted by molar-refractivity contribution is -0.151. The Hall–Kier alpha value is -4.36. The minimum atomic E-state index is -4.83. The molecule has 1 aromatic carbocycles. The van der Waals surface area contributed by atoms with Crippen LogP contribution in [0.5, 0.6) is 5.75 Å². The van der Waals surface area contributed by atoms with E-state index in [4.69, 9.17) is 4.74 Å². The smallest absolute Gasteiger partial charge is 0.417 e. The maximum absolute atomic E-state index is 14.1. The van der Waals surface area contributed by atoms with E-state index in [1.54, 1.807) is 12.3 Å². The molecule has 2 amide bonds. The standard InChI is InChI=1S/C30H31F6N5O3/c1-3-40(25-7-4-5-14-38-25)18-17-39(2)27(43)28(44-22-10-8-21(9-11-22)29(31,32)33)13-6-16-41(20-28)26(42)23-19-37-15-12-24(23)30(34,35)36/h4-5,7-12,14-15,19H,3,6,13,16-18,20H2,1-2H3. The minimum absolute atomic E-state index is 0.0312. The van der Waals surface area contributed by atoms with E-state index in [0.717, 1.165) is 41.6 Å². The molecule has 44 heavy (non-hydrogen) atoms. The third kappa shape index (κ3) is 7.40. The highest BCUT2D eigenvalue weighted by molar-refractivity contribution is 5.96. The second kappa shape index (κ2) is 13.1. The van der Waals surface area contributed by atoms with Crippen LogP contribution in [0.15, 0.2) is 67.1 Å². The summed E-state index contributed by atoms with van der Waals surface area (Å²) in [5.41, 5.74) is -4.56. The van der Waals surface area contributed by atoms with Gasteiger partial charge in [-0.15, -0.1) is 0 Å². The molecule has 1 aliphatic rings. The van der Waals surface area contributed by atoms with Gasteiger partial charge in [0.15, 0.2) is 0 Å². The average molecular weight is 624 g/mol. The number of anilines is 1. The fourth-order valence-corrected chi connectivity index (χ4v) is 5.11. The summed E-state index contributed by atoms with van der Waals surface area (Å²) in [6.07, 6.45) is -5.79. The molecule has 1 aliphatic heterocycles. The first-order valence-corrected chi connectivity index (χ1v) is 13.8. The molecule has 0 N–H and O–H groups in total. The first-order valence-electron chi connectivity index (χ1n) is 13.8. The van der Waals surface area contributed by atoms with Gasteiger partial charge in [0.1, 0.15) is 11.6 Å². The van der Waals surface area contributed by atoms with Gasteiger partial charge in [0.25, 0.3) is 11.8 Å². The molecule has 1 unspecified atom stereocenters. The molecule has 236 valence electrons. The van der Waals surface area contributed by atoms with Gasteiger partial charge in [-0.1, -0.05) is 6.07 Å². The fourth-order valence-electron chi connectivity index (χ4n) is 5.11. The number of halogens is 6. The Morgan fingerprint density at radius 2 is 1.70 bits per heavy atom. The van der Waals surface area contributed by atoms with Crippen molar-refractivity contribution in [1.82, 2.24) is 19.8 Å². The van der Waals surface area contributed by atoms with Crippen molar-refractivity contribution in [3.8, 4) is 5.75 Å². The zero-order valence-corrected chi connectivity index (χ0v) is 24.0. The zero-order valence-electron chi connectivity index (χ0n) is 24.0. The monoisotopic (exact) mass is 623 g/mol. The van der Waals surface area contributed by atoms with E-state index in [-0.39, 0.29) is 31.7 Å². The van der Waals surface area contributed by atoms with Gasteiger partial charge >= 0.3 is 12.4 Å². The van der Waals surface area contributed by atoms with Crippen LogP contribution in [0, 0.1) is 0 Å². The number of benzene rings is 1. The molecule has 3 aromatic rings. The lowest BCUT2D eigenvalue weighted by Crippen LogP contribution is -2.62. The summed E-state index contributed by atoms with van der Waals surface area (Å²) in [5.74, 6) is -0.935. The Bertz CT molecular complexity index is 1440. The van der Waals surface area contributed by atoms with E-state index < -0.39 is 53.0 Å². The van der Waals surface area contributed by atoms with Crippen LogP contribution in [0.1, 0.15) is 41.3 Å². The summed E-state index contributed by atoms with van der Waals surface area (Å²) in [6, 6.07) is 9.87. The van der Waals surface area contributed by atoms with Gasteiger partial charge in [0.05, 0.1) is 23.2 Å². The van der Waals surface area contributed by atoms with E-state index in [1.165, 1.54) is 11.9 Å². The SMILES string of the molecule is CCN(CCN(C)C(=O)C1(Oc2ccc(C(F)(F)F)cc2)CCCN(C(=O)c2cnccc2C(F)(F)F)C1)c1ccccn1. The van der Waals surface area contributed by atoms with Gasteiger partial charge < -0.3 is 19.4 Å². The molecule has 0 radical (unpaired) electrons. The number of pyridine rings is 2. The molecule has 8 nitrogen and oxygen atoms in total. The number of carbonyl (C=O) groups excluding carboxylic acids is 2. The number of piperidine rings is 1. The number of ether oxygens (including phenoxy) is 1. The number of nitrogens with zero attached hydrogens (tertiary/aromatic N) is 5. The van der Waals surface area contributed by atoms with Crippen LogP contribution in [0.25, 0.3) is 0 Å². The van der Waals surface area contributed by atoms with E-state index in [2.05, 4.69) is 9.97 Å². The largest absolute Gasteiger partial charge is 0.476 e. The second-order valence-corrected chi connectivity index (χ2v) is 10.4. The Morgan fingerprint density at radius 3 is 2.32 bits per heavy atom. The van der Waals surface area contributed by atoms with Crippen molar-refractivity contribution in [3.05, 3.63) is 83.8 Å². The second-order valence-electron chi connectivity index (χ2n) is 10.4. The number of rotatable bonds is 9. The summed E-state index contributed by atoms with van der Waals surface area (Å²) in [6.45, 7) is 2.67. The molecule has 4 rings (SSSR count). The van der Waals surface area contributed by atoms with Crippen molar-refractivity contribution in [3.63, 3.8) is 0 Å². The van der Waals surface area contributed by atoms with E-state index >= 15 is 0 Å². The zero-order chi connectivity index (χ0) is 32.1. The van der Waals surface area contributed by atoms with Crippen LogP contribution in [-0.4, -0.2) is 77.0 Å². The maximum atomic E-state index is 14.1. The Balaban J connectivity index is 1.63. The highest BCUT2D eigenvalue weighted by Gasteiger charge is 2.48. The number of aromatic nitrogens is 2. The molecule has 3 heterocycles. The first-order chi connectivity index (χ1) is 20.7. The van der Waals surface area contributed by atoms with E-state index in [0.29, 0.717) is 25.0 Å². The van der Waals surface area contributed by atoms with Crippen LogP contribution in [-0.2, 0) is 17.1 Å². The summed E-state index contributed by atoms with van der Waals surface area (Å²) in [7, 11) is 1.52.